The van der Waals surface area contributed by atoms with Crippen molar-refractivity contribution in [3.63, 3.8) is 0 Å². The average Bonchev–Trinajstić information content (AvgIpc) is 3.10. The van der Waals surface area contributed by atoms with Crippen LogP contribution in [0.2, 0.25) is 0 Å². The van der Waals surface area contributed by atoms with Gasteiger partial charge in [0.15, 0.2) is 0 Å². The molecule has 1 atom stereocenters. The summed E-state index contributed by atoms with van der Waals surface area (Å²) in [6, 6.07) is 6.53. The molecule has 1 heterocycles. The molecule has 0 spiro atoms. The number of sulfonamides is 1. The van der Waals surface area contributed by atoms with E-state index in [1.54, 1.807) is 42.8 Å². The van der Waals surface area contributed by atoms with Gasteiger partial charge in [0.05, 0.1) is 10.8 Å². The molecule has 1 aromatic carbocycles. The van der Waals surface area contributed by atoms with Gasteiger partial charge < -0.3 is 9.80 Å². The number of hydrogen-bond acceptors (Lipinski definition) is 4. The Kier molecular flexibility index (Phi) is 7.82. The molecule has 1 saturated heterocycles. The van der Waals surface area contributed by atoms with Gasteiger partial charge in [-0.3, -0.25) is 9.59 Å². The first-order chi connectivity index (χ1) is 13.7. The van der Waals surface area contributed by atoms with E-state index < -0.39 is 10.0 Å². The van der Waals surface area contributed by atoms with Crippen LogP contribution in [0.15, 0.2) is 29.2 Å². The number of amides is 2. The quantitative estimate of drug-likeness (QED) is 0.612. The highest BCUT2D eigenvalue weighted by Gasteiger charge is 2.37. The topological polar surface area (TPSA) is 78.0 Å². The molecule has 1 unspecified atom stereocenters. The summed E-state index contributed by atoms with van der Waals surface area (Å²) in [5.41, 5.74) is 0.619. The molecular weight excluding hydrogens is 390 g/mol. The Labute approximate surface area is 174 Å². The van der Waals surface area contributed by atoms with Gasteiger partial charge in [0.25, 0.3) is 0 Å². The molecule has 0 aromatic heterocycles. The normalized spacial score (nSPS) is 17.4. The van der Waals surface area contributed by atoms with Gasteiger partial charge >= 0.3 is 0 Å². The largest absolute Gasteiger partial charge is 0.342 e. The molecule has 0 saturated carbocycles. The lowest BCUT2D eigenvalue weighted by atomic mass is 10.0. The Morgan fingerprint density at radius 2 is 1.66 bits per heavy atom. The molecular formula is C21H33N3O4S. The number of carbonyl (C=O) groups excluding carboxylic acids is 2. The summed E-state index contributed by atoms with van der Waals surface area (Å²) in [5.74, 6) is -0.483. The number of hydrogen-bond donors (Lipinski definition) is 0. The zero-order chi connectivity index (χ0) is 21.8. The van der Waals surface area contributed by atoms with Crippen molar-refractivity contribution in [2.45, 2.75) is 57.9 Å². The van der Waals surface area contributed by atoms with Crippen LogP contribution in [0, 0.1) is 5.92 Å². The molecule has 162 valence electrons. The molecule has 8 heteroatoms. The maximum atomic E-state index is 12.8. The van der Waals surface area contributed by atoms with Gasteiger partial charge in [0, 0.05) is 44.8 Å². The molecule has 0 radical (unpaired) electrons. The first-order valence-electron chi connectivity index (χ1n) is 10.4. The molecule has 2 rings (SSSR count). The molecule has 1 aliphatic heterocycles. The third-order valence-electron chi connectivity index (χ3n) is 5.80. The molecule has 1 fully saturated rings. The molecule has 0 N–H and O–H groups in total. The van der Waals surface area contributed by atoms with Crippen LogP contribution in [0.4, 0.5) is 5.69 Å². The Balaban J connectivity index is 2.16. The summed E-state index contributed by atoms with van der Waals surface area (Å²) in [4.78, 5) is 28.9. The second-order valence-electron chi connectivity index (χ2n) is 7.41. The minimum absolute atomic E-state index is 0.00437. The van der Waals surface area contributed by atoms with E-state index in [1.807, 2.05) is 0 Å². The molecule has 29 heavy (non-hydrogen) atoms. The summed E-state index contributed by atoms with van der Waals surface area (Å²) >= 11 is 0. The summed E-state index contributed by atoms with van der Waals surface area (Å²) in [6.45, 7) is 8.83. The van der Waals surface area contributed by atoms with E-state index >= 15 is 0 Å². The minimum atomic E-state index is -3.54. The maximum Gasteiger partial charge on any atom is 0.243 e. The zero-order valence-corrected chi connectivity index (χ0v) is 18.9. The Morgan fingerprint density at radius 3 is 2.14 bits per heavy atom. The first-order valence-corrected chi connectivity index (χ1v) is 11.8. The zero-order valence-electron chi connectivity index (χ0n) is 18.1. The average molecular weight is 424 g/mol. The van der Waals surface area contributed by atoms with Crippen molar-refractivity contribution in [3.8, 4) is 0 Å². The van der Waals surface area contributed by atoms with Crippen LogP contribution in [0.1, 0.15) is 47.0 Å². The summed E-state index contributed by atoms with van der Waals surface area (Å²) in [6.07, 6.45) is 1.94. The van der Waals surface area contributed by atoms with Gasteiger partial charge in [-0.25, -0.2) is 8.42 Å². The van der Waals surface area contributed by atoms with Crippen LogP contribution < -0.4 is 4.90 Å². The fraction of sp³-hybridized carbons (Fsp3) is 0.619. The molecule has 1 aromatic rings. The van der Waals surface area contributed by atoms with Gasteiger partial charge in [0.2, 0.25) is 21.8 Å². The number of benzene rings is 1. The number of anilines is 1. The summed E-state index contributed by atoms with van der Waals surface area (Å²) < 4.78 is 26.6. The lowest BCUT2D eigenvalue weighted by Crippen LogP contribution is -2.41. The summed E-state index contributed by atoms with van der Waals surface area (Å²) in [5, 5.41) is 0. The standard InChI is InChI=1S/C21H33N3O4S/c1-6-17(7-2)22(5)21(26)16-14-20(25)24(15-16)18-10-12-19(13-11-18)29(27,28)23(8-3)9-4/h10-13,16-17H,6-9,14-15H2,1-5H3. The lowest BCUT2D eigenvalue weighted by Gasteiger charge is -2.28. The molecule has 7 nitrogen and oxygen atoms in total. The van der Waals surface area contributed by atoms with Crippen molar-refractivity contribution >= 4 is 27.5 Å². The van der Waals surface area contributed by atoms with Crippen molar-refractivity contribution in [3.05, 3.63) is 24.3 Å². The van der Waals surface area contributed by atoms with Crippen LogP contribution >= 0.6 is 0 Å². The second-order valence-corrected chi connectivity index (χ2v) is 9.35. The molecule has 0 aliphatic carbocycles. The Morgan fingerprint density at radius 1 is 1.10 bits per heavy atom. The van der Waals surface area contributed by atoms with Crippen LogP contribution in [0.25, 0.3) is 0 Å². The maximum absolute atomic E-state index is 12.8. The van der Waals surface area contributed by atoms with E-state index in [9.17, 15) is 18.0 Å². The highest BCUT2D eigenvalue weighted by molar-refractivity contribution is 7.89. The first kappa shape index (κ1) is 23.3. The van der Waals surface area contributed by atoms with E-state index in [-0.39, 0.29) is 35.1 Å². The van der Waals surface area contributed by atoms with Gasteiger partial charge in [0.1, 0.15) is 0 Å². The van der Waals surface area contributed by atoms with E-state index in [4.69, 9.17) is 0 Å². The Hall–Kier alpha value is -1.93. The van der Waals surface area contributed by atoms with Gasteiger partial charge in [-0.2, -0.15) is 4.31 Å². The van der Waals surface area contributed by atoms with E-state index in [0.29, 0.717) is 25.3 Å². The Bertz CT molecular complexity index is 815. The fourth-order valence-corrected chi connectivity index (χ4v) is 5.40. The smallest absolute Gasteiger partial charge is 0.243 e. The molecule has 2 amide bonds. The number of nitrogens with zero attached hydrogens (tertiary/aromatic N) is 3. The number of carbonyl (C=O) groups is 2. The van der Waals surface area contributed by atoms with Crippen molar-refractivity contribution in [2.75, 3.05) is 31.6 Å². The molecule has 0 bridgehead atoms. The molecule has 1 aliphatic rings. The van der Waals surface area contributed by atoms with Crippen molar-refractivity contribution < 1.29 is 18.0 Å². The van der Waals surface area contributed by atoms with E-state index in [1.165, 1.54) is 16.4 Å². The van der Waals surface area contributed by atoms with Crippen LogP contribution in [0.3, 0.4) is 0 Å². The third-order valence-corrected chi connectivity index (χ3v) is 7.87. The van der Waals surface area contributed by atoms with E-state index in [0.717, 1.165) is 12.8 Å². The van der Waals surface area contributed by atoms with Crippen LogP contribution in [-0.4, -0.2) is 62.2 Å². The highest BCUT2D eigenvalue weighted by Crippen LogP contribution is 2.28. The fourth-order valence-electron chi connectivity index (χ4n) is 3.94. The summed E-state index contributed by atoms with van der Waals surface area (Å²) in [7, 11) is -1.73. The lowest BCUT2D eigenvalue weighted by molar-refractivity contribution is -0.136. The predicted molar refractivity (Wildman–Crippen MR) is 114 cm³/mol. The monoisotopic (exact) mass is 423 g/mol. The van der Waals surface area contributed by atoms with Gasteiger partial charge in [-0.15, -0.1) is 0 Å². The van der Waals surface area contributed by atoms with E-state index in [2.05, 4.69) is 13.8 Å². The second kappa shape index (κ2) is 9.71. The van der Waals surface area contributed by atoms with Gasteiger partial charge in [-0.05, 0) is 37.1 Å². The van der Waals surface area contributed by atoms with Crippen LogP contribution in [-0.2, 0) is 19.6 Å². The van der Waals surface area contributed by atoms with Crippen molar-refractivity contribution in [2.24, 2.45) is 5.92 Å². The highest BCUT2D eigenvalue weighted by atomic mass is 32.2. The number of rotatable bonds is 9. The minimum Gasteiger partial charge on any atom is -0.342 e. The van der Waals surface area contributed by atoms with Crippen LogP contribution in [0.5, 0.6) is 0 Å². The third kappa shape index (κ3) is 4.80. The predicted octanol–water partition coefficient (Wildman–Crippen LogP) is 2.72. The van der Waals surface area contributed by atoms with Gasteiger partial charge in [-0.1, -0.05) is 27.7 Å². The SMILES string of the molecule is CCC(CC)N(C)C(=O)C1CC(=O)N(c2ccc(S(=O)(=O)N(CC)CC)cc2)C1. The van der Waals surface area contributed by atoms with Crippen molar-refractivity contribution in [1.82, 2.24) is 9.21 Å². The van der Waals surface area contributed by atoms with Crippen molar-refractivity contribution in [1.29, 1.82) is 0 Å².